The number of hydrogen-bond acceptors (Lipinski definition) is 4. The van der Waals surface area contributed by atoms with Crippen LogP contribution in [0.2, 0.25) is 0 Å². The maximum absolute atomic E-state index is 14.0. The van der Waals surface area contributed by atoms with Crippen molar-refractivity contribution >= 4 is 39.6 Å². The number of benzene rings is 3. The molecule has 0 unspecified atom stereocenters. The van der Waals surface area contributed by atoms with Gasteiger partial charge in [0.25, 0.3) is 11.8 Å². The molecule has 0 saturated heterocycles. The number of carbonyl (C=O) groups is 2. The summed E-state index contributed by atoms with van der Waals surface area (Å²) < 4.78 is 0. The molecule has 2 amide bonds. The van der Waals surface area contributed by atoms with Crippen LogP contribution in [0.4, 0.5) is 17.1 Å². The van der Waals surface area contributed by atoms with E-state index < -0.39 is 17.4 Å². The topological polar surface area (TPSA) is 81.1 Å². The summed E-state index contributed by atoms with van der Waals surface area (Å²) in [4.78, 5) is 30.9. The van der Waals surface area contributed by atoms with E-state index >= 15 is 0 Å². The molecule has 5 rings (SSSR count). The van der Waals surface area contributed by atoms with Gasteiger partial charge in [0.15, 0.2) is 5.60 Å². The van der Waals surface area contributed by atoms with Crippen molar-refractivity contribution in [1.29, 1.82) is 0 Å². The summed E-state index contributed by atoms with van der Waals surface area (Å²) in [6, 6.07) is 17.1. The fraction of sp³-hybridized carbons (Fsp3) is 0.314. The van der Waals surface area contributed by atoms with E-state index in [1.54, 1.807) is 28.0 Å². The molecule has 6 heteroatoms. The summed E-state index contributed by atoms with van der Waals surface area (Å²) in [5, 5.41) is 23.3. The lowest BCUT2D eigenvalue weighted by Crippen LogP contribution is -2.44. The number of carbonyl (C=O) groups excluding carboxylic acids is 2. The van der Waals surface area contributed by atoms with Crippen molar-refractivity contribution in [2.45, 2.75) is 52.6 Å². The second kappa shape index (κ2) is 11.5. The monoisotopic (exact) mass is 550 g/mol. The first-order valence-corrected chi connectivity index (χ1v) is 14.3. The average molecular weight is 551 g/mol. The molecule has 0 aliphatic carbocycles. The highest BCUT2D eigenvalue weighted by atomic mass is 16.3. The van der Waals surface area contributed by atoms with E-state index in [1.807, 2.05) is 61.5 Å². The van der Waals surface area contributed by atoms with E-state index in [4.69, 9.17) is 0 Å². The zero-order valence-corrected chi connectivity index (χ0v) is 24.2. The Labute approximate surface area is 241 Å². The van der Waals surface area contributed by atoms with E-state index in [9.17, 15) is 19.8 Å². The number of fused-ring (bicyclic) bond motifs is 1. The molecule has 0 bridgehead atoms. The molecule has 2 heterocycles. The number of amides is 2. The number of aliphatic hydroxyl groups is 2. The molecule has 0 fully saturated rings. The highest BCUT2D eigenvalue weighted by molar-refractivity contribution is 6.28. The minimum atomic E-state index is -1.82. The van der Waals surface area contributed by atoms with E-state index in [1.165, 1.54) is 11.1 Å². The van der Waals surface area contributed by atoms with Gasteiger partial charge >= 0.3 is 0 Å². The molecular weight excluding hydrogens is 512 g/mol. The Bertz CT molecular complexity index is 1590. The summed E-state index contributed by atoms with van der Waals surface area (Å²) in [6.45, 7) is 8.37. The fourth-order valence-corrected chi connectivity index (χ4v) is 5.88. The van der Waals surface area contributed by atoms with Crippen molar-refractivity contribution in [2.24, 2.45) is 5.92 Å². The zero-order valence-electron chi connectivity index (χ0n) is 24.2. The van der Waals surface area contributed by atoms with Crippen LogP contribution in [-0.4, -0.2) is 35.2 Å². The van der Waals surface area contributed by atoms with Gasteiger partial charge in [-0.15, -0.1) is 0 Å². The maximum atomic E-state index is 14.0. The number of hydrogen-bond donors (Lipinski definition) is 2. The molecule has 0 spiro atoms. The molecule has 0 aromatic heterocycles. The van der Waals surface area contributed by atoms with Crippen LogP contribution in [0, 0.1) is 5.92 Å². The second-order valence-corrected chi connectivity index (χ2v) is 11.3. The number of rotatable bonds is 10. The standard InChI is InChI=1S/C35H38N2O4/c1-23(2)10-7-11-24(3)19-20-36-30-18-17-27(22-29(30)35(41,34(36)40)25(4)12-5-6-21-38)37-31-16-9-14-26-13-8-15-28(32(26)31)33(37)39/h5,8-10,12-19,22,25,38,41H,6-7,11,20-21H2,1-4H3/b12-5+,24-19+/t25-,35+/m0/s1. The Balaban J connectivity index is 1.55. The average Bonchev–Trinajstić information content (AvgIpc) is 3.36. The predicted molar refractivity (Wildman–Crippen MR) is 166 cm³/mol. The van der Waals surface area contributed by atoms with Crippen LogP contribution in [-0.2, 0) is 10.4 Å². The smallest absolute Gasteiger partial charge is 0.264 e. The van der Waals surface area contributed by atoms with Gasteiger partial charge in [-0.25, -0.2) is 0 Å². The predicted octanol–water partition coefficient (Wildman–Crippen LogP) is 6.93. The highest BCUT2D eigenvalue weighted by Crippen LogP contribution is 2.49. The lowest BCUT2D eigenvalue weighted by Gasteiger charge is -2.28. The van der Waals surface area contributed by atoms with Crippen molar-refractivity contribution < 1.29 is 19.8 Å². The van der Waals surface area contributed by atoms with Gasteiger partial charge in [-0.3, -0.25) is 14.5 Å². The van der Waals surface area contributed by atoms with Crippen molar-refractivity contribution in [3.05, 3.63) is 101 Å². The molecule has 2 atom stereocenters. The molecule has 3 aromatic carbocycles. The summed E-state index contributed by atoms with van der Waals surface area (Å²) in [5.74, 6) is -1.08. The lowest BCUT2D eigenvalue weighted by atomic mass is 9.82. The molecule has 2 aliphatic heterocycles. The van der Waals surface area contributed by atoms with E-state index in [0.29, 0.717) is 35.5 Å². The molecule has 3 aromatic rings. The van der Waals surface area contributed by atoms with Gasteiger partial charge in [-0.2, -0.15) is 0 Å². The van der Waals surface area contributed by atoms with Crippen LogP contribution in [0.1, 0.15) is 62.9 Å². The Morgan fingerprint density at radius 2 is 1.73 bits per heavy atom. The molecule has 0 radical (unpaired) electrons. The van der Waals surface area contributed by atoms with Crippen LogP contribution in [0.15, 0.2) is 90.0 Å². The van der Waals surface area contributed by atoms with Crippen molar-refractivity contribution in [1.82, 2.24) is 0 Å². The van der Waals surface area contributed by atoms with Crippen LogP contribution in [0.25, 0.3) is 10.8 Å². The SMILES string of the molecule is CC(C)=CCC/C(C)=C/CN1C(=O)[C@@](O)([C@@H](C)/C=C/CCO)c2cc(N3C(=O)c4cccc5cccc3c45)ccc21. The minimum absolute atomic E-state index is 0.0115. The first-order valence-electron chi connectivity index (χ1n) is 14.3. The molecule has 2 aliphatic rings. The molecule has 0 saturated carbocycles. The van der Waals surface area contributed by atoms with E-state index in [-0.39, 0.29) is 12.5 Å². The normalized spacial score (nSPS) is 19.0. The quantitative estimate of drug-likeness (QED) is 0.268. The second-order valence-electron chi connectivity index (χ2n) is 11.3. The minimum Gasteiger partial charge on any atom is -0.396 e. The third-order valence-electron chi connectivity index (χ3n) is 8.16. The van der Waals surface area contributed by atoms with Gasteiger partial charge in [0.2, 0.25) is 0 Å². The van der Waals surface area contributed by atoms with Gasteiger partial charge < -0.3 is 15.1 Å². The first-order chi connectivity index (χ1) is 19.7. The summed E-state index contributed by atoms with van der Waals surface area (Å²) in [7, 11) is 0. The van der Waals surface area contributed by atoms with Crippen molar-refractivity contribution in [2.75, 3.05) is 23.0 Å². The third kappa shape index (κ3) is 5.03. The number of nitrogens with zero attached hydrogens (tertiary/aromatic N) is 2. The van der Waals surface area contributed by atoms with Crippen LogP contribution < -0.4 is 9.80 Å². The van der Waals surface area contributed by atoms with Crippen LogP contribution >= 0.6 is 0 Å². The zero-order chi connectivity index (χ0) is 29.3. The number of aliphatic hydroxyl groups excluding tert-OH is 1. The maximum Gasteiger partial charge on any atom is 0.264 e. The molecule has 212 valence electrons. The van der Waals surface area contributed by atoms with Gasteiger partial charge in [0.05, 0.1) is 16.9 Å². The van der Waals surface area contributed by atoms with Crippen molar-refractivity contribution in [3.8, 4) is 0 Å². The Kier molecular flexibility index (Phi) is 7.98. The number of allylic oxidation sites excluding steroid dienone is 3. The van der Waals surface area contributed by atoms with E-state index in [2.05, 4.69) is 26.8 Å². The summed E-state index contributed by atoms with van der Waals surface area (Å²) in [5.41, 5.74) is 3.79. The first kappa shape index (κ1) is 28.5. The molecule has 41 heavy (non-hydrogen) atoms. The number of anilines is 3. The highest BCUT2D eigenvalue weighted by Gasteiger charge is 2.52. The van der Waals surface area contributed by atoms with Gasteiger partial charge in [0.1, 0.15) is 0 Å². The summed E-state index contributed by atoms with van der Waals surface area (Å²) in [6.07, 6.45) is 10.1. The summed E-state index contributed by atoms with van der Waals surface area (Å²) >= 11 is 0. The lowest BCUT2D eigenvalue weighted by molar-refractivity contribution is -0.139. The van der Waals surface area contributed by atoms with Gasteiger partial charge in [-0.05, 0) is 75.8 Å². The van der Waals surface area contributed by atoms with Gasteiger partial charge in [-0.1, -0.05) is 66.6 Å². The van der Waals surface area contributed by atoms with Gasteiger partial charge in [0, 0.05) is 35.7 Å². The van der Waals surface area contributed by atoms with E-state index in [0.717, 1.165) is 29.3 Å². The Hall–Kier alpha value is -4.00. The molecular formula is C35H38N2O4. The third-order valence-corrected chi connectivity index (χ3v) is 8.16. The van der Waals surface area contributed by atoms with Crippen LogP contribution in [0.3, 0.4) is 0 Å². The fourth-order valence-electron chi connectivity index (χ4n) is 5.88. The Morgan fingerprint density at radius 3 is 2.46 bits per heavy atom. The molecule has 2 N–H and O–H groups in total. The van der Waals surface area contributed by atoms with Crippen LogP contribution in [0.5, 0.6) is 0 Å². The van der Waals surface area contributed by atoms with Crippen molar-refractivity contribution in [3.63, 3.8) is 0 Å². The largest absolute Gasteiger partial charge is 0.396 e. The Morgan fingerprint density at radius 1 is 0.976 bits per heavy atom. The molecule has 6 nitrogen and oxygen atoms in total.